The molecule has 28 heavy (non-hydrogen) atoms. The lowest BCUT2D eigenvalue weighted by Crippen LogP contribution is -2.36. The number of hydrogen-bond acceptors (Lipinski definition) is 5. The Balaban J connectivity index is 1.44. The minimum Gasteiger partial charge on any atom is -0.445 e. The zero-order valence-electron chi connectivity index (χ0n) is 15.9. The van der Waals surface area contributed by atoms with Crippen molar-refractivity contribution in [2.24, 2.45) is 0 Å². The molecule has 0 bridgehead atoms. The summed E-state index contributed by atoms with van der Waals surface area (Å²) in [7, 11) is 0. The van der Waals surface area contributed by atoms with Crippen LogP contribution in [0.4, 0.5) is 0 Å². The highest BCUT2D eigenvalue weighted by atomic mass is 16.4. The number of carbonyl (C=O) groups excluding carboxylic acids is 1. The molecule has 5 rings (SSSR count). The third-order valence-electron chi connectivity index (χ3n) is 5.67. The summed E-state index contributed by atoms with van der Waals surface area (Å²) in [6.45, 7) is 2.94. The highest BCUT2D eigenvalue weighted by molar-refractivity contribution is 5.99. The van der Waals surface area contributed by atoms with Crippen molar-refractivity contribution in [2.75, 3.05) is 6.54 Å². The summed E-state index contributed by atoms with van der Waals surface area (Å²) in [5.74, 6) is 2.85. The summed E-state index contributed by atoms with van der Waals surface area (Å²) in [5.41, 5.74) is 3.03. The van der Waals surface area contributed by atoms with Gasteiger partial charge in [-0.25, -0.2) is 15.0 Å². The maximum absolute atomic E-state index is 13.3. The lowest BCUT2D eigenvalue weighted by molar-refractivity contribution is 0.0727. The molecule has 0 atom stereocenters. The van der Waals surface area contributed by atoms with E-state index < -0.39 is 0 Å². The number of carbonyl (C=O) groups is 1. The van der Waals surface area contributed by atoms with Gasteiger partial charge in [-0.15, -0.1) is 0 Å². The average molecular weight is 374 g/mol. The minimum atomic E-state index is -0.0577. The van der Waals surface area contributed by atoms with Crippen LogP contribution in [-0.4, -0.2) is 32.3 Å². The predicted octanol–water partition coefficient (Wildman–Crippen LogP) is 3.91. The Hall–Kier alpha value is -3.02. The van der Waals surface area contributed by atoms with Crippen molar-refractivity contribution >= 4 is 5.91 Å². The first-order valence-electron chi connectivity index (χ1n) is 9.86. The van der Waals surface area contributed by atoms with Crippen LogP contribution in [-0.2, 0) is 13.0 Å². The molecule has 0 unspecified atom stereocenters. The Kier molecular flexibility index (Phi) is 4.19. The summed E-state index contributed by atoms with van der Waals surface area (Å²) in [4.78, 5) is 28.7. The van der Waals surface area contributed by atoms with Crippen molar-refractivity contribution in [3.8, 4) is 11.3 Å². The molecule has 2 aromatic heterocycles. The van der Waals surface area contributed by atoms with Crippen LogP contribution in [0.25, 0.3) is 11.3 Å². The molecule has 1 fully saturated rings. The molecule has 3 aromatic rings. The summed E-state index contributed by atoms with van der Waals surface area (Å²) in [6, 6.07) is 9.79. The van der Waals surface area contributed by atoms with Crippen molar-refractivity contribution in [3.63, 3.8) is 0 Å². The molecule has 6 heteroatoms. The van der Waals surface area contributed by atoms with Crippen LogP contribution in [0.2, 0.25) is 0 Å². The van der Waals surface area contributed by atoms with Gasteiger partial charge in [0.2, 0.25) is 0 Å². The van der Waals surface area contributed by atoms with E-state index in [-0.39, 0.29) is 5.91 Å². The Bertz CT molecular complexity index is 1020. The second kappa shape index (κ2) is 6.86. The first-order chi connectivity index (χ1) is 13.7. The SMILES string of the molecule is Cc1ncc(C(=O)N2CCc3oc(C4CCC4)nc3C2)c(-c2ccccc2)n1. The molecule has 1 aliphatic carbocycles. The van der Waals surface area contributed by atoms with E-state index in [0.717, 1.165) is 35.7 Å². The van der Waals surface area contributed by atoms with Crippen molar-refractivity contribution in [1.82, 2.24) is 19.9 Å². The molecule has 0 saturated heterocycles. The zero-order chi connectivity index (χ0) is 19.1. The standard InChI is InChI=1S/C22H22N4O2/c1-14-23-12-17(20(24-14)15-6-3-2-4-7-15)22(27)26-11-10-19-18(13-26)25-21(28-19)16-8-5-9-16/h2-4,6-7,12,16H,5,8-11,13H2,1H3. The van der Waals surface area contributed by atoms with Gasteiger partial charge in [0.15, 0.2) is 5.89 Å². The number of fused-ring (bicyclic) bond motifs is 1. The van der Waals surface area contributed by atoms with Crippen molar-refractivity contribution in [1.29, 1.82) is 0 Å². The van der Waals surface area contributed by atoms with Gasteiger partial charge in [-0.2, -0.15) is 0 Å². The van der Waals surface area contributed by atoms with Gasteiger partial charge in [-0.05, 0) is 19.8 Å². The van der Waals surface area contributed by atoms with E-state index in [0.29, 0.717) is 42.5 Å². The second-order valence-electron chi connectivity index (χ2n) is 7.57. The molecule has 0 spiro atoms. The van der Waals surface area contributed by atoms with Gasteiger partial charge >= 0.3 is 0 Å². The number of amides is 1. The summed E-state index contributed by atoms with van der Waals surface area (Å²) in [6.07, 6.45) is 5.91. The monoisotopic (exact) mass is 374 g/mol. The van der Waals surface area contributed by atoms with Crippen molar-refractivity contribution in [3.05, 3.63) is 65.3 Å². The van der Waals surface area contributed by atoms with Crippen LogP contribution in [0.5, 0.6) is 0 Å². The van der Waals surface area contributed by atoms with Crippen molar-refractivity contribution in [2.45, 2.75) is 45.1 Å². The van der Waals surface area contributed by atoms with E-state index in [9.17, 15) is 4.79 Å². The highest BCUT2D eigenvalue weighted by Crippen LogP contribution is 2.37. The first-order valence-corrected chi connectivity index (χ1v) is 9.86. The smallest absolute Gasteiger partial charge is 0.258 e. The first kappa shape index (κ1) is 17.1. The van der Waals surface area contributed by atoms with Gasteiger partial charge in [0.1, 0.15) is 17.3 Å². The van der Waals surface area contributed by atoms with Crippen LogP contribution in [0.3, 0.4) is 0 Å². The molecular formula is C22H22N4O2. The fraction of sp³-hybridized carbons (Fsp3) is 0.364. The number of oxazole rings is 1. The molecule has 1 saturated carbocycles. The summed E-state index contributed by atoms with van der Waals surface area (Å²) < 4.78 is 5.98. The van der Waals surface area contributed by atoms with Crippen LogP contribution in [0.1, 0.15) is 58.7 Å². The maximum Gasteiger partial charge on any atom is 0.258 e. The molecule has 2 aliphatic rings. The molecule has 142 valence electrons. The Labute approximate surface area is 163 Å². The quantitative estimate of drug-likeness (QED) is 0.695. The molecular weight excluding hydrogens is 352 g/mol. The third kappa shape index (κ3) is 2.99. The number of rotatable bonds is 3. The predicted molar refractivity (Wildman–Crippen MR) is 104 cm³/mol. The van der Waals surface area contributed by atoms with E-state index in [4.69, 9.17) is 9.40 Å². The Morgan fingerprint density at radius 2 is 2.00 bits per heavy atom. The van der Waals surface area contributed by atoms with Crippen molar-refractivity contribution < 1.29 is 9.21 Å². The molecule has 0 radical (unpaired) electrons. The molecule has 6 nitrogen and oxygen atoms in total. The van der Waals surface area contributed by atoms with E-state index in [2.05, 4.69) is 9.97 Å². The number of aryl methyl sites for hydroxylation is 1. The van der Waals surface area contributed by atoms with Crippen LogP contribution >= 0.6 is 0 Å². The molecule has 0 N–H and O–H groups in total. The molecule has 1 aliphatic heterocycles. The van der Waals surface area contributed by atoms with Gasteiger partial charge in [-0.1, -0.05) is 36.8 Å². The van der Waals surface area contributed by atoms with Crippen LogP contribution in [0.15, 0.2) is 40.9 Å². The van der Waals surface area contributed by atoms with E-state index in [1.807, 2.05) is 42.2 Å². The molecule has 1 aromatic carbocycles. The summed E-state index contributed by atoms with van der Waals surface area (Å²) in [5, 5.41) is 0. The fourth-order valence-corrected chi connectivity index (χ4v) is 3.83. The van der Waals surface area contributed by atoms with Gasteiger partial charge in [0, 0.05) is 30.6 Å². The number of nitrogens with zero attached hydrogens (tertiary/aromatic N) is 4. The number of benzene rings is 1. The van der Waals surface area contributed by atoms with E-state index >= 15 is 0 Å². The van der Waals surface area contributed by atoms with Crippen LogP contribution in [0, 0.1) is 6.92 Å². The topological polar surface area (TPSA) is 72.1 Å². The van der Waals surface area contributed by atoms with E-state index in [1.165, 1.54) is 6.42 Å². The fourth-order valence-electron chi connectivity index (χ4n) is 3.83. The second-order valence-corrected chi connectivity index (χ2v) is 7.57. The Morgan fingerprint density at radius 1 is 1.18 bits per heavy atom. The van der Waals surface area contributed by atoms with Gasteiger partial charge < -0.3 is 9.32 Å². The largest absolute Gasteiger partial charge is 0.445 e. The highest BCUT2D eigenvalue weighted by Gasteiger charge is 2.31. The maximum atomic E-state index is 13.3. The summed E-state index contributed by atoms with van der Waals surface area (Å²) >= 11 is 0. The van der Waals surface area contributed by atoms with Gasteiger partial charge in [-0.3, -0.25) is 4.79 Å². The average Bonchev–Trinajstić information content (AvgIpc) is 3.09. The molecule has 1 amide bonds. The van der Waals surface area contributed by atoms with Gasteiger partial charge in [0.05, 0.1) is 17.8 Å². The minimum absolute atomic E-state index is 0.0577. The lowest BCUT2D eigenvalue weighted by Gasteiger charge is -2.26. The van der Waals surface area contributed by atoms with E-state index in [1.54, 1.807) is 6.20 Å². The van der Waals surface area contributed by atoms with Gasteiger partial charge in [0.25, 0.3) is 5.91 Å². The third-order valence-corrected chi connectivity index (χ3v) is 5.67. The van der Waals surface area contributed by atoms with Crippen LogP contribution < -0.4 is 0 Å². The number of hydrogen-bond donors (Lipinski definition) is 0. The zero-order valence-corrected chi connectivity index (χ0v) is 15.9. The normalized spacial score (nSPS) is 16.5. The number of aromatic nitrogens is 3. The molecule has 3 heterocycles. The lowest BCUT2D eigenvalue weighted by atomic mass is 9.85. The Morgan fingerprint density at radius 3 is 2.75 bits per heavy atom.